The number of benzene rings is 2. The van der Waals surface area contributed by atoms with Crippen molar-refractivity contribution in [2.24, 2.45) is 0 Å². The van der Waals surface area contributed by atoms with Gasteiger partial charge in [-0.3, -0.25) is 4.90 Å². The number of aromatic nitrogens is 1. The van der Waals surface area contributed by atoms with E-state index in [1.165, 1.54) is 16.5 Å². The lowest BCUT2D eigenvalue weighted by molar-refractivity contribution is 0.118. The fraction of sp³-hybridized carbons (Fsp3) is 0.391. The lowest BCUT2D eigenvalue weighted by Gasteiger charge is -2.45. The summed E-state index contributed by atoms with van der Waals surface area (Å²) >= 11 is 0. The molecule has 1 saturated heterocycles. The normalized spacial score (nSPS) is 18.6. The highest BCUT2D eigenvalue weighted by Crippen LogP contribution is 2.40. The van der Waals surface area contributed by atoms with Gasteiger partial charge in [-0.25, -0.2) is 22.0 Å². The molecule has 3 aromatic rings. The van der Waals surface area contributed by atoms with Crippen LogP contribution in [0, 0.1) is 36.0 Å². The molecular weight excluding hydrogens is 413 g/mol. The van der Waals surface area contributed by atoms with E-state index in [1.807, 2.05) is 0 Å². The second-order valence-corrected chi connectivity index (χ2v) is 8.61. The Morgan fingerprint density at radius 2 is 1.58 bits per heavy atom. The van der Waals surface area contributed by atoms with Gasteiger partial charge in [0.05, 0.1) is 5.54 Å². The van der Waals surface area contributed by atoms with Crippen molar-refractivity contribution < 1.29 is 22.0 Å². The van der Waals surface area contributed by atoms with Crippen LogP contribution in [0.5, 0.6) is 0 Å². The fourth-order valence-electron chi connectivity index (χ4n) is 5.08. The molecule has 1 spiro atoms. The maximum absolute atomic E-state index is 14.1. The summed E-state index contributed by atoms with van der Waals surface area (Å²) in [6.45, 7) is 3.51. The van der Waals surface area contributed by atoms with E-state index in [9.17, 15) is 22.0 Å². The number of H-pyrrole nitrogens is 1. The average molecular weight is 435 g/mol. The summed E-state index contributed by atoms with van der Waals surface area (Å²) in [6.07, 6.45) is 2.25. The average Bonchev–Trinajstić information content (AvgIpc) is 3.15. The molecule has 8 heteroatoms. The number of halogens is 5. The quantitative estimate of drug-likeness (QED) is 0.344. The van der Waals surface area contributed by atoms with Gasteiger partial charge in [-0.15, -0.1) is 0 Å². The highest BCUT2D eigenvalue weighted by Gasteiger charge is 2.41. The Morgan fingerprint density at radius 1 is 0.935 bits per heavy atom. The van der Waals surface area contributed by atoms with Crippen molar-refractivity contribution in [3.05, 3.63) is 69.7 Å². The van der Waals surface area contributed by atoms with Gasteiger partial charge in [-0.1, -0.05) is 11.6 Å². The number of rotatable bonds is 2. The monoisotopic (exact) mass is 435 g/mol. The summed E-state index contributed by atoms with van der Waals surface area (Å²) in [4.78, 5) is 5.31. The summed E-state index contributed by atoms with van der Waals surface area (Å²) in [7, 11) is 0. The number of aromatic amines is 1. The van der Waals surface area contributed by atoms with Crippen LogP contribution < -0.4 is 5.32 Å². The van der Waals surface area contributed by atoms with E-state index in [1.54, 1.807) is 4.90 Å². The zero-order valence-electron chi connectivity index (χ0n) is 17.0. The van der Waals surface area contributed by atoms with E-state index in [2.05, 4.69) is 35.4 Å². The molecule has 0 amide bonds. The Hall–Kier alpha value is -2.45. The molecule has 0 radical (unpaired) electrons. The topological polar surface area (TPSA) is 31.1 Å². The smallest absolute Gasteiger partial charge is 0.200 e. The van der Waals surface area contributed by atoms with E-state index >= 15 is 0 Å². The van der Waals surface area contributed by atoms with Crippen LogP contribution in [0.4, 0.5) is 22.0 Å². The third-order valence-corrected chi connectivity index (χ3v) is 6.77. The molecule has 3 nitrogen and oxygen atoms in total. The molecule has 1 aromatic heterocycles. The number of nitrogens with zero attached hydrogens (tertiary/aromatic N) is 1. The minimum atomic E-state index is -2.12. The van der Waals surface area contributed by atoms with Gasteiger partial charge in [-0.05, 0) is 43.9 Å². The third kappa shape index (κ3) is 3.15. The summed E-state index contributed by atoms with van der Waals surface area (Å²) in [5.41, 5.74) is 3.67. The zero-order chi connectivity index (χ0) is 21.9. The Balaban J connectivity index is 1.40. The van der Waals surface area contributed by atoms with Crippen molar-refractivity contribution in [2.75, 3.05) is 19.6 Å². The Bertz CT molecular complexity index is 1150. The molecule has 3 heterocycles. The molecular formula is C23H22F5N3. The van der Waals surface area contributed by atoms with E-state index in [0.29, 0.717) is 25.9 Å². The van der Waals surface area contributed by atoms with Gasteiger partial charge in [-0.2, -0.15) is 0 Å². The van der Waals surface area contributed by atoms with Gasteiger partial charge >= 0.3 is 0 Å². The van der Waals surface area contributed by atoms with Crippen molar-refractivity contribution in [1.82, 2.24) is 15.2 Å². The standard InChI is InChI=1S/C23H22F5N3/c1-12-2-3-16-14(10-12)13-4-7-29-23(22(13)30-16)5-8-31(9-6-23)11-15-17(24)19(26)21(28)20(27)18(15)25/h2-3,10,29-30H,4-9,11H2,1H3. The van der Waals surface area contributed by atoms with Crippen molar-refractivity contribution in [3.63, 3.8) is 0 Å². The van der Waals surface area contributed by atoms with Gasteiger partial charge in [0.2, 0.25) is 5.82 Å². The van der Waals surface area contributed by atoms with E-state index < -0.39 is 34.6 Å². The van der Waals surface area contributed by atoms with Gasteiger partial charge in [0.15, 0.2) is 23.3 Å². The predicted molar refractivity (Wildman–Crippen MR) is 107 cm³/mol. The maximum Gasteiger partial charge on any atom is 0.200 e. The van der Waals surface area contributed by atoms with Crippen LogP contribution in [-0.4, -0.2) is 29.5 Å². The van der Waals surface area contributed by atoms with Crippen LogP contribution in [-0.2, 0) is 18.5 Å². The minimum Gasteiger partial charge on any atom is -0.357 e. The summed E-state index contributed by atoms with van der Waals surface area (Å²) in [5, 5.41) is 4.85. The number of hydrogen-bond donors (Lipinski definition) is 2. The maximum atomic E-state index is 14.1. The number of likely N-dealkylation sites (tertiary alicyclic amines) is 1. The largest absolute Gasteiger partial charge is 0.357 e. The molecule has 0 unspecified atom stereocenters. The third-order valence-electron chi connectivity index (χ3n) is 6.77. The van der Waals surface area contributed by atoms with E-state index in [-0.39, 0.29) is 12.1 Å². The minimum absolute atomic E-state index is 0.284. The van der Waals surface area contributed by atoms with Crippen molar-refractivity contribution in [2.45, 2.75) is 38.3 Å². The molecule has 0 bridgehead atoms. The summed E-state index contributed by atoms with van der Waals surface area (Å²) in [5.74, 6) is -9.41. The number of aryl methyl sites for hydroxylation is 1. The van der Waals surface area contributed by atoms with E-state index in [0.717, 1.165) is 24.2 Å². The first-order valence-corrected chi connectivity index (χ1v) is 10.4. The lowest BCUT2D eigenvalue weighted by atomic mass is 9.79. The molecule has 2 aromatic carbocycles. The molecule has 0 saturated carbocycles. The second-order valence-electron chi connectivity index (χ2n) is 8.61. The summed E-state index contributed by atoms with van der Waals surface area (Å²) < 4.78 is 68.6. The van der Waals surface area contributed by atoms with Crippen LogP contribution >= 0.6 is 0 Å². The number of nitrogens with one attached hydrogen (secondary N) is 2. The highest BCUT2D eigenvalue weighted by molar-refractivity contribution is 5.86. The van der Waals surface area contributed by atoms with Crippen molar-refractivity contribution in [3.8, 4) is 0 Å². The van der Waals surface area contributed by atoms with Crippen LogP contribution in [0.2, 0.25) is 0 Å². The molecule has 31 heavy (non-hydrogen) atoms. The number of piperidine rings is 1. The Morgan fingerprint density at radius 3 is 2.26 bits per heavy atom. The van der Waals surface area contributed by atoms with E-state index in [4.69, 9.17) is 0 Å². The lowest BCUT2D eigenvalue weighted by Crippen LogP contribution is -2.54. The summed E-state index contributed by atoms with van der Waals surface area (Å²) in [6, 6.07) is 6.33. The van der Waals surface area contributed by atoms with Crippen molar-refractivity contribution in [1.29, 1.82) is 0 Å². The van der Waals surface area contributed by atoms with Crippen LogP contribution in [0.15, 0.2) is 18.2 Å². The number of hydrogen-bond acceptors (Lipinski definition) is 2. The first-order valence-electron chi connectivity index (χ1n) is 10.4. The van der Waals surface area contributed by atoms with Gasteiger partial charge in [0, 0.05) is 48.3 Å². The second kappa shape index (κ2) is 7.31. The Kier molecular flexibility index (Phi) is 4.82. The number of fused-ring (bicyclic) bond motifs is 4. The molecule has 5 rings (SSSR count). The molecule has 0 aliphatic carbocycles. The van der Waals surface area contributed by atoms with Crippen molar-refractivity contribution >= 4 is 10.9 Å². The molecule has 1 fully saturated rings. The van der Waals surface area contributed by atoms with Gasteiger partial charge in [0.1, 0.15) is 0 Å². The molecule has 164 valence electrons. The highest BCUT2D eigenvalue weighted by atomic mass is 19.2. The molecule has 2 N–H and O–H groups in total. The van der Waals surface area contributed by atoms with Gasteiger partial charge in [0.25, 0.3) is 0 Å². The first-order chi connectivity index (χ1) is 14.8. The Labute approximate surface area is 176 Å². The molecule has 0 atom stereocenters. The zero-order valence-corrected chi connectivity index (χ0v) is 17.0. The molecule has 2 aliphatic heterocycles. The van der Waals surface area contributed by atoms with Crippen LogP contribution in [0.3, 0.4) is 0 Å². The molecule has 2 aliphatic rings. The predicted octanol–water partition coefficient (Wildman–Crippen LogP) is 4.81. The fourth-order valence-corrected chi connectivity index (χ4v) is 5.08. The van der Waals surface area contributed by atoms with Gasteiger partial charge < -0.3 is 10.3 Å². The van der Waals surface area contributed by atoms with Crippen LogP contribution in [0.25, 0.3) is 10.9 Å². The first kappa shape index (κ1) is 20.5. The SMILES string of the molecule is Cc1ccc2[nH]c3c(c2c1)CCNC31CCN(Cc2c(F)c(F)c(F)c(F)c2F)CC1. The van der Waals surface area contributed by atoms with Crippen LogP contribution in [0.1, 0.15) is 35.2 Å².